The van der Waals surface area contributed by atoms with Gasteiger partial charge in [-0.15, -0.1) is 0 Å². The van der Waals surface area contributed by atoms with Crippen LogP contribution in [0.15, 0.2) is 54.6 Å². The largest absolute Gasteiger partial charge is 0.309 e. The maximum atomic E-state index is 2.47. The molecule has 0 aliphatic carbocycles. The first-order valence-corrected chi connectivity index (χ1v) is 9.39. The number of benzene rings is 3. The fourth-order valence-electron chi connectivity index (χ4n) is 4.45. The van der Waals surface area contributed by atoms with E-state index in [1.54, 1.807) is 0 Å². The first-order valence-electron chi connectivity index (χ1n) is 9.39. The quantitative estimate of drug-likeness (QED) is 0.351. The highest BCUT2D eigenvalue weighted by Gasteiger charge is 2.24. The third-order valence-electron chi connectivity index (χ3n) is 5.26. The summed E-state index contributed by atoms with van der Waals surface area (Å²) in [4.78, 5) is 0. The minimum absolute atomic E-state index is 0.0780. The van der Waals surface area contributed by atoms with E-state index >= 15 is 0 Å². The number of rotatable bonds is 1. The highest BCUT2D eigenvalue weighted by atomic mass is 15.0. The molecule has 0 atom stereocenters. The summed E-state index contributed by atoms with van der Waals surface area (Å²) in [6.45, 7) is 13.6. The number of aromatic nitrogens is 1. The lowest BCUT2D eigenvalue weighted by Crippen LogP contribution is -2.15. The minimum Gasteiger partial charge on any atom is -0.309 e. The van der Waals surface area contributed by atoms with Crippen molar-refractivity contribution in [2.24, 2.45) is 0 Å². The summed E-state index contributed by atoms with van der Waals surface area (Å²) in [5.41, 5.74) is 9.36. The Morgan fingerprint density at radius 2 is 1.38 bits per heavy atom. The molecule has 1 nitrogen and oxygen atoms in total. The van der Waals surface area contributed by atoms with Gasteiger partial charge < -0.3 is 4.57 Å². The molecule has 0 radical (unpaired) electrons. The summed E-state index contributed by atoms with van der Waals surface area (Å²) < 4.78 is 2.47. The van der Waals surface area contributed by atoms with Crippen LogP contribution in [0.5, 0.6) is 0 Å². The zero-order chi connectivity index (χ0) is 18.6. The smallest absolute Gasteiger partial charge is 0.0581 e. The van der Waals surface area contributed by atoms with Gasteiger partial charge in [0.25, 0.3) is 0 Å². The normalized spacial score (nSPS) is 12.2. The standard InChI is InChI=1S/C25H27N/c1-16-13-17(2)15-19(14-16)26-22-10-8-7-9-20(22)21-12-11-18(3)23(24(21)26)25(4,5)6/h7-15H,1-6H3. The molecule has 0 amide bonds. The van der Waals surface area contributed by atoms with Gasteiger partial charge in [-0.1, -0.05) is 57.2 Å². The summed E-state index contributed by atoms with van der Waals surface area (Å²) in [6, 6.07) is 20.2. The van der Waals surface area contributed by atoms with Crippen molar-refractivity contribution in [2.45, 2.75) is 47.0 Å². The first-order chi connectivity index (χ1) is 12.3. The van der Waals surface area contributed by atoms with Gasteiger partial charge in [0, 0.05) is 16.5 Å². The summed E-state index contributed by atoms with van der Waals surface area (Å²) in [5.74, 6) is 0. The van der Waals surface area contributed by atoms with Gasteiger partial charge in [0.1, 0.15) is 0 Å². The molecule has 0 aliphatic rings. The molecule has 0 saturated carbocycles. The third-order valence-corrected chi connectivity index (χ3v) is 5.26. The lowest BCUT2D eigenvalue weighted by molar-refractivity contribution is 0.590. The Morgan fingerprint density at radius 1 is 0.731 bits per heavy atom. The van der Waals surface area contributed by atoms with Crippen molar-refractivity contribution in [3.05, 3.63) is 76.9 Å². The van der Waals surface area contributed by atoms with Gasteiger partial charge in [0.05, 0.1) is 11.0 Å². The Bertz CT molecular complexity index is 1120. The third kappa shape index (κ3) is 2.54. The maximum absolute atomic E-state index is 2.47. The number of para-hydroxylation sites is 1. The Kier molecular flexibility index (Phi) is 3.73. The van der Waals surface area contributed by atoms with Crippen LogP contribution < -0.4 is 0 Å². The molecule has 1 heteroatoms. The topological polar surface area (TPSA) is 4.93 Å². The predicted molar refractivity (Wildman–Crippen MR) is 114 cm³/mol. The van der Waals surface area contributed by atoms with Crippen molar-refractivity contribution in [1.82, 2.24) is 4.57 Å². The van der Waals surface area contributed by atoms with Crippen LogP contribution >= 0.6 is 0 Å². The van der Waals surface area contributed by atoms with Crippen molar-refractivity contribution in [1.29, 1.82) is 0 Å². The monoisotopic (exact) mass is 341 g/mol. The molecule has 26 heavy (non-hydrogen) atoms. The van der Waals surface area contributed by atoms with Gasteiger partial charge >= 0.3 is 0 Å². The van der Waals surface area contributed by atoms with Crippen molar-refractivity contribution < 1.29 is 0 Å². The second kappa shape index (κ2) is 5.74. The molecule has 1 heterocycles. The zero-order valence-corrected chi connectivity index (χ0v) is 16.6. The van der Waals surface area contributed by atoms with Crippen molar-refractivity contribution in [3.63, 3.8) is 0 Å². The minimum atomic E-state index is 0.0780. The molecular weight excluding hydrogens is 314 g/mol. The van der Waals surface area contributed by atoms with Gasteiger partial charge in [-0.3, -0.25) is 0 Å². The van der Waals surface area contributed by atoms with Crippen LogP contribution in [0.1, 0.15) is 43.0 Å². The number of hydrogen-bond acceptors (Lipinski definition) is 0. The Balaban J connectivity index is 2.28. The molecule has 3 aromatic carbocycles. The van der Waals surface area contributed by atoms with Crippen LogP contribution in [0, 0.1) is 20.8 Å². The van der Waals surface area contributed by atoms with E-state index in [2.05, 4.69) is 101 Å². The molecule has 4 aromatic rings. The lowest BCUT2D eigenvalue weighted by Gasteiger charge is -2.24. The Labute approximate surface area is 156 Å². The van der Waals surface area contributed by atoms with E-state index in [-0.39, 0.29) is 5.41 Å². The SMILES string of the molecule is Cc1cc(C)cc(-n2c3ccccc3c3ccc(C)c(C(C)(C)C)c32)c1. The summed E-state index contributed by atoms with van der Waals surface area (Å²) in [7, 11) is 0. The number of aryl methyl sites for hydroxylation is 3. The highest BCUT2D eigenvalue weighted by molar-refractivity contribution is 6.10. The van der Waals surface area contributed by atoms with Crippen molar-refractivity contribution in [2.75, 3.05) is 0 Å². The van der Waals surface area contributed by atoms with Gasteiger partial charge in [0.15, 0.2) is 0 Å². The van der Waals surface area contributed by atoms with E-state index in [1.807, 2.05) is 0 Å². The molecule has 0 saturated heterocycles. The summed E-state index contributed by atoms with van der Waals surface area (Å²) in [5, 5.41) is 2.67. The average molecular weight is 341 g/mol. The fraction of sp³-hybridized carbons (Fsp3) is 0.280. The number of hydrogen-bond donors (Lipinski definition) is 0. The molecule has 0 aliphatic heterocycles. The van der Waals surface area contributed by atoms with Crippen LogP contribution in [0.2, 0.25) is 0 Å². The molecule has 0 unspecified atom stereocenters. The predicted octanol–water partition coefficient (Wildman–Crippen LogP) is 7.01. The second-order valence-electron chi connectivity index (χ2n) is 8.60. The Hall–Kier alpha value is -2.54. The number of nitrogens with zero attached hydrogens (tertiary/aromatic N) is 1. The van der Waals surface area contributed by atoms with Crippen LogP contribution in [-0.2, 0) is 5.41 Å². The van der Waals surface area contributed by atoms with Crippen LogP contribution in [0.25, 0.3) is 27.5 Å². The van der Waals surface area contributed by atoms with Gasteiger partial charge in [-0.05, 0) is 66.6 Å². The molecular formula is C25H27N. The lowest BCUT2D eigenvalue weighted by atomic mass is 9.82. The van der Waals surface area contributed by atoms with Crippen LogP contribution in [0.4, 0.5) is 0 Å². The van der Waals surface area contributed by atoms with Gasteiger partial charge in [-0.25, -0.2) is 0 Å². The fourth-order valence-corrected chi connectivity index (χ4v) is 4.45. The molecule has 0 fully saturated rings. The maximum Gasteiger partial charge on any atom is 0.0581 e. The van der Waals surface area contributed by atoms with Crippen LogP contribution in [-0.4, -0.2) is 4.57 Å². The molecule has 132 valence electrons. The first kappa shape index (κ1) is 16.9. The van der Waals surface area contributed by atoms with Crippen molar-refractivity contribution in [3.8, 4) is 5.69 Å². The average Bonchev–Trinajstić information content (AvgIpc) is 2.86. The summed E-state index contributed by atoms with van der Waals surface area (Å²) >= 11 is 0. The second-order valence-corrected chi connectivity index (χ2v) is 8.60. The zero-order valence-electron chi connectivity index (χ0n) is 16.6. The molecule has 0 spiro atoms. The van der Waals surface area contributed by atoms with E-state index in [4.69, 9.17) is 0 Å². The van der Waals surface area contributed by atoms with E-state index in [9.17, 15) is 0 Å². The summed E-state index contributed by atoms with van der Waals surface area (Å²) in [6.07, 6.45) is 0. The van der Waals surface area contributed by atoms with E-state index in [0.29, 0.717) is 0 Å². The highest BCUT2D eigenvalue weighted by Crippen LogP contribution is 2.40. The molecule has 0 bridgehead atoms. The van der Waals surface area contributed by atoms with Gasteiger partial charge in [0.2, 0.25) is 0 Å². The number of fused-ring (bicyclic) bond motifs is 3. The Morgan fingerprint density at radius 3 is 2.04 bits per heavy atom. The van der Waals surface area contributed by atoms with E-state index < -0.39 is 0 Å². The van der Waals surface area contributed by atoms with Gasteiger partial charge in [-0.2, -0.15) is 0 Å². The van der Waals surface area contributed by atoms with E-state index in [0.717, 1.165) is 0 Å². The van der Waals surface area contributed by atoms with Crippen molar-refractivity contribution >= 4 is 21.8 Å². The van der Waals surface area contributed by atoms with E-state index in [1.165, 1.54) is 49.7 Å². The molecule has 0 N–H and O–H groups in total. The van der Waals surface area contributed by atoms with Crippen LogP contribution in [0.3, 0.4) is 0 Å². The molecule has 4 rings (SSSR count). The molecule has 1 aromatic heterocycles.